The van der Waals surface area contributed by atoms with Gasteiger partial charge in [-0.1, -0.05) is 13.8 Å². The summed E-state index contributed by atoms with van der Waals surface area (Å²) < 4.78 is 5.20. The molecule has 4 nitrogen and oxygen atoms in total. The zero-order chi connectivity index (χ0) is 11.5. The molecule has 0 aliphatic carbocycles. The molecule has 88 valence electrons. The molecular weight excluding hydrogens is 192 g/mol. The van der Waals surface area contributed by atoms with E-state index in [-0.39, 0.29) is 6.61 Å². The fraction of sp³-hybridized carbons (Fsp3) is 0.909. The van der Waals surface area contributed by atoms with Crippen molar-refractivity contribution in [3.05, 3.63) is 0 Å². The molecule has 0 atom stereocenters. The van der Waals surface area contributed by atoms with E-state index in [4.69, 9.17) is 15.1 Å². The Kier molecular flexibility index (Phi) is 9.49. The minimum atomic E-state index is 0.0718. The number of nitrogens with zero attached hydrogens (tertiary/aromatic N) is 2. The van der Waals surface area contributed by atoms with Crippen molar-refractivity contribution in [2.45, 2.75) is 20.3 Å². The highest BCUT2D eigenvalue weighted by Crippen LogP contribution is 1.99. The van der Waals surface area contributed by atoms with Crippen LogP contribution in [-0.4, -0.2) is 49.5 Å². The van der Waals surface area contributed by atoms with Gasteiger partial charge in [-0.3, -0.25) is 4.90 Å². The first-order valence-electron chi connectivity index (χ1n) is 5.48. The molecule has 0 fully saturated rings. The van der Waals surface area contributed by atoms with Crippen LogP contribution in [0.4, 0.5) is 0 Å². The smallest absolute Gasteiger partial charge is 0.0698 e. The number of ether oxygens (including phenoxy) is 1. The van der Waals surface area contributed by atoms with E-state index in [2.05, 4.69) is 24.8 Å². The zero-order valence-corrected chi connectivity index (χ0v) is 9.78. The van der Waals surface area contributed by atoms with Gasteiger partial charge in [-0.05, 0) is 5.92 Å². The average molecular weight is 214 g/mol. The topological polar surface area (TPSA) is 56.5 Å². The van der Waals surface area contributed by atoms with Crippen molar-refractivity contribution in [2.75, 3.05) is 39.5 Å². The molecule has 0 unspecified atom stereocenters. The van der Waals surface area contributed by atoms with E-state index in [1.807, 2.05) is 0 Å². The first-order valence-corrected chi connectivity index (χ1v) is 5.48. The highest BCUT2D eigenvalue weighted by Gasteiger charge is 2.06. The van der Waals surface area contributed by atoms with Gasteiger partial charge in [0, 0.05) is 26.1 Å². The summed E-state index contributed by atoms with van der Waals surface area (Å²) in [5.41, 5.74) is 0. The standard InChI is InChI=1S/C11H22N2O2/c1-11(2)10-13(5-3-4-12)6-8-15-9-7-14/h11,14H,3,5-10H2,1-2H3. The van der Waals surface area contributed by atoms with Crippen LogP contribution in [-0.2, 0) is 4.74 Å². The second-order valence-electron chi connectivity index (χ2n) is 3.94. The molecule has 0 spiro atoms. The largest absolute Gasteiger partial charge is 0.394 e. The number of hydrogen-bond donors (Lipinski definition) is 1. The van der Waals surface area contributed by atoms with Gasteiger partial charge in [-0.2, -0.15) is 5.26 Å². The number of aliphatic hydroxyl groups is 1. The summed E-state index contributed by atoms with van der Waals surface area (Å²) in [5.74, 6) is 0.599. The summed E-state index contributed by atoms with van der Waals surface area (Å²) in [6.07, 6.45) is 0.562. The van der Waals surface area contributed by atoms with E-state index < -0.39 is 0 Å². The molecule has 4 heteroatoms. The fourth-order valence-electron chi connectivity index (χ4n) is 1.38. The van der Waals surface area contributed by atoms with Crippen LogP contribution in [0.2, 0.25) is 0 Å². The molecule has 1 N–H and O–H groups in total. The third-order valence-corrected chi connectivity index (χ3v) is 1.95. The maximum atomic E-state index is 8.54. The van der Waals surface area contributed by atoms with Crippen LogP contribution in [0.5, 0.6) is 0 Å². The van der Waals surface area contributed by atoms with Crippen LogP contribution in [0, 0.1) is 17.2 Å². The second kappa shape index (κ2) is 9.91. The third kappa shape index (κ3) is 9.67. The lowest BCUT2D eigenvalue weighted by molar-refractivity contribution is 0.0716. The van der Waals surface area contributed by atoms with Gasteiger partial charge in [-0.15, -0.1) is 0 Å². The Bertz CT molecular complexity index is 178. The third-order valence-electron chi connectivity index (χ3n) is 1.95. The van der Waals surface area contributed by atoms with Gasteiger partial charge in [0.15, 0.2) is 0 Å². The second-order valence-corrected chi connectivity index (χ2v) is 3.94. The van der Waals surface area contributed by atoms with Gasteiger partial charge in [0.1, 0.15) is 0 Å². The monoisotopic (exact) mass is 214 g/mol. The number of hydrogen-bond acceptors (Lipinski definition) is 4. The first kappa shape index (κ1) is 14.4. The molecule has 0 aromatic rings. The van der Waals surface area contributed by atoms with Crippen LogP contribution >= 0.6 is 0 Å². The van der Waals surface area contributed by atoms with Crippen LogP contribution in [0.25, 0.3) is 0 Å². The summed E-state index contributed by atoms with van der Waals surface area (Å²) in [4.78, 5) is 2.23. The Labute approximate surface area is 92.4 Å². The summed E-state index contributed by atoms with van der Waals surface area (Å²) in [7, 11) is 0. The highest BCUT2D eigenvalue weighted by molar-refractivity contribution is 4.72. The lowest BCUT2D eigenvalue weighted by Crippen LogP contribution is -2.32. The molecule has 0 amide bonds. The van der Waals surface area contributed by atoms with Crippen LogP contribution in [0.15, 0.2) is 0 Å². The molecule has 0 rings (SSSR count). The van der Waals surface area contributed by atoms with Crippen LogP contribution < -0.4 is 0 Å². The summed E-state index contributed by atoms with van der Waals surface area (Å²) in [6.45, 7) is 8.04. The Morgan fingerprint density at radius 1 is 1.33 bits per heavy atom. The number of nitriles is 1. The molecule has 0 aliphatic heterocycles. The van der Waals surface area contributed by atoms with Crippen LogP contribution in [0.3, 0.4) is 0 Å². The molecule has 0 aliphatic rings. The van der Waals surface area contributed by atoms with E-state index in [0.29, 0.717) is 25.6 Å². The van der Waals surface area contributed by atoms with Crippen molar-refractivity contribution in [2.24, 2.45) is 5.92 Å². The Morgan fingerprint density at radius 3 is 2.60 bits per heavy atom. The molecule has 0 aromatic carbocycles. The first-order chi connectivity index (χ1) is 7.20. The zero-order valence-electron chi connectivity index (χ0n) is 9.78. The van der Waals surface area contributed by atoms with Crippen LogP contribution in [0.1, 0.15) is 20.3 Å². The molecule has 0 heterocycles. The quantitative estimate of drug-likeness (QED) is 0.579. The normalized spacial score (nSPS) is 10.9. The molecule has 0 saturated carbocycles. The van der Waals surface area contributed by atoms with Gasteiger partial charge in [0.05, 0.1) is 25.9 Å². The average Bonchev–Trinajstić information content (AvgIpc) is 2.19. The molecule has 15 heavy (non-hydrogen) atoms. The van der Waals surface area contributed by atoms with Crippen molar-refractivity contribution < 1.29 is 9.84 Å². The molecule has 0 radical (unpaired) electrons. The van der Waals surface area contributed by atoms with Gasteiger partial charge in [0.2, 0.25) is 0 Å². The van der Waals surface area contributed by atoms with Crippen molar-refractivity contribution in [1.82, 2.24) is 4.90 Å². The lowest BCUT2D eigenvalue weighted by Gasteiger charge is -2.22. The van der Waals surface area contributed by atoms with Gasteiger partial charge >= 0.3 is 0 Å². The molecule has 0 saturated heterocycles. The highest BCUT2D eigenvalue weighted by atomic mass is 16.5. The van der Waals surface area contributed by atoms with Crippen molar-refractivity contribution >= 4 is 0 Å². The SMILES string of the molecule is CC(C)CN(CCC#N)CCOCCO. The molecular formula is C11H22N2O2. The van der Waals surface area contributed by atoms with Crippen molar-refractivity contribution in [3.8, 4) is 6.07 Å². The predicted octanol–water partition coefficient (Wildman–Crippen LogP) is 0.867. The van der Waals surface area contributed by atoms with E-state index in [9.17, 15) is 0 Å². The summed E-state index contributed by atoms with van der Waals surface area (Å²) >= 11 is 0. The Morgan fingerprint density at radius 2 is 2.07 bits per heavy atom. The van der Waals surface area contributed by atoms with E-state index in [0.717, 1.165) is 19.6 Å². The maximum Gasteiger partial charge on any atom is 0.0698 e. The Hall–Kier alpha value is -0.630. The van der Waals surface area contributed by atoms with Gasteiger partial charge in [-0.25, -0.2) is 0 Å². The Balaban J connectivity index is 3.65. The number of aliphatic hydroxyl groups excluding tert-OH is 1. The lowest BCUT2D eigenvalue weighted by atomic mass is 10.2. The van der Waals surface area contributed by atoms with Gasteiger partial charge in [0.25, 0.3) is 0 Å². The minimum Gasteiger partial charge on any atom is -0.394 e. The van der Waals surface area contributed by atoms with Crippen molar-refractivity contribution in [3.63, 3.8) is 0 Å². The van der Waals surface area contributed by atoms with Gasteiger partial charge < -0.3 is 9.84 Å². The van der Waals surface area contributed by atoms with E-state index in [1.54, 1.807) is 0 Å². The van der Waals surface area contributed by atoms with E-state index >= 15 is 0 Å². The predicted molar refractivity (Wildman–Crippen MR) is 59.4 cm³/mol. The van der Waals surface area contributed by atoms with Crippen molar-refractivity contribution in [1.29, 1.82) is 5.26 Å². The summed E-state index contributed by atoms with van der Waals surface area (Å²) in [6, 6.07) is 2.15. The molecule has 0 bridgehead atoms. The summed E-state index contributed by atoms with van der Waals surface area (Å²) in [5, 5.41) is 17.1. The minimum absolute atomic E-state index is 0.0718. The number of rotatable bonds is 9. The maximum absolute atomic E-state index is 8.54. The van der Waals surface area contributed by atoms with E-state index in [1.165, 1.54) is 0 Å². The molecule has 0 aromatic heterocycles. The fourth-order valence-corrected chi connectivity index (χ4v) is 1.38.